The monoisotopic (exact) mass is 208 g/mol. The molecule has 2 rings (SSSR count). The first-order chi connectivity index (χ1) is 7.23. The molecule has 0 saturated heterocycles. The van der Waals surface area contributed by atoms with Crippen molar-refractivity contribution in [2.45, 2.75) is 25.0 Å². The van der Waals surface area contributed by atoms with E-state index < -0.39 is 5.79 Å². The molecule has 1 atom stereocenters. The van der Waals surface area contributed by atoms with Gasteiger partial charge in [-0.1, -0.05) is 18.2 Å². The number of ketones is 1. The van der Waals surface area contributed by atoms with Crippen LogP contribution in [-0.2, 0) is 14.3 Å². The van der Waals surface area contributed by atoms with Crippen LogP contribution in [0.1, 0.15) is 19.3 Å². The predicted octanol–water partition coefficient (Wildman–Crippen LogP) is 1.84. The molecule has 0 spiro atoms. The molecule has 2 aliphatic carbocycles. The van der Waals surface area contributed by atoms with Gasteiger partial charge in [0.2, 0.25) is 11.6 Å². The van der Waals surface area contributed by atoms with Gasteiger partial charge in [0.15, 0.2) is 0 Å². The second-order valence-electron chi connectivity index (χ2n) is 4.01. The maximum absolute atomic E-state index is 12.2. The van der Waals surface area contributed by atoms with Gasteiger partial charge in [0.25, 0.3) is 0 Å². The zero-order chi connectivity index (χ0) is 10.9. The van der Waals surface area contributed by atoms with Crippen molar-refractivity contribution in [1.82, 2.24) is 0 Å². The van der Waals surface area contributed by atoms with Crippen LogP contribution in [0.15, 0.2) is 23.8 Å². The maximum Gasteiger partial charge on any atom is 0.232 e. The lowest BCUT2D eigenvalue weighted by Crippen LogP contribution is -2.48. The minimum absolute atomic E-state index is 0.00639. The highest BCUT2D eigenvalue weighted by Crippen LogP contribution is 2.39. The van der Waals surface area contributed by atoms with Crippen molar-refractivity contribution in [2.75, 3.05) is 14.2 Å². The summed E-state index contributed by atoms with van der Waals surface area (Å²) in [5.41, 5.74) is 0.854. The number of rotatable bonds is 2. The summed E-state index contributed by atoms with van der Waals surface area (Å²) in [4.78, 5) is 12.2. The van der Waals surface area contributed by atoms with Gasteiger partial charge in [-0.25, -0.2) is 0 Å². The van der Waals surface area contributed by atoms with Gasteiger partial charge in [-0.05, 0) is 18.8 Å². The van der Waals surface area contributed by atoms with E-state index >= 15 is 0 Å². The second-order valence-corrected chi connectivity index (χ2v) is 4.01. The molecular formula is C12H16O3. The van der Waals surface area contributed by atoms with E-state index in [4.69, 9.17) is 9.47 Å². The summed E-state index contributed by atoms with van der Waals surface area (Å²) in [5, 5.41) is 0. The van der Waals surface area contributed by atoms with Crippen LogP contribution in [0, 0.1) is 5.92 Å². The standard InChI is InChI=1S/C12H16O3/c1-14-12(15-2)8-7-9-5-3-4-6-10(9)11(12)13/h3-4,6,9H,5,7-8H2,1-2H3. The van der Waals surface area contributed by atoms with E-state index in [9.17, 15) is 4.79 Å². The third kappa shape index (κ3) is 1.56. The van der Waals surface area contributed by atoms with E-state index in [-0.39, 0.29) is 5.78 Å². The molecule has 1 fully saturated rings. The normalized spacial score (nSPS) is 28.5. The Hall–Kier alpha value is -0.930. The number of hydrogen-bond acceptors (Lipinski definition) is 3. The molecule has 3 heteroatoms. The highest BCUT2D eigenvalue weighted by atomic mass is 16.7. The number of Topliss-reactive ketones (excluding diaryl/α,β-unsaturated/α-hetero) is 1. The Balaban J connectivity index is 2.32. The third-order valence-electron chi connectivity index (χ3n) is 3.36. The molecule has 2 aliphatic rings. The number of fused-ring (bicyclic) bond motifs is 1. The van der Waals surface area contributed by atoms with Gasteiger partial charge in [0.05, 0.1) is 0 Å². The van der Waals surface area contributed by atoms with Crippen LogP contribution in [0.3, 0.4) is 0 Å². The van der Waals surface area contributed by atoms with Crippen molar-refractivity contribution in [3.8, 4) is 0 Å². The largest absolute Gasteiger partial charge is 0.347 e. The maximum atomic E-state index is 12.2. The van der Waals surface area contributed by atoms with E-state index in [1.54, 1.807) is 0 Å². The summed E-state index contributed by atoms with van der Waals surface area (Å²) in [6, 6.07) is 0. The van der Waals surface area contributed by atoms with Crippen LogP contribution in [0.5, 0.6) is 0 Å². The quantitative estimate of drug-likeness (QED) is 0.649. The third-order valence-corrected chi connectivity index (χ3v) is 3.36. The average molecular weight is 208 g/mol. The number of carbonyl (C=O) groups is 1. The Kier molecular flexibility index (Phi) is 2.76. The highest BCUT2D eigenvalue weighted by molar-refractivity contribution is 6.02. The van der Waals surface area contributed by atoms with Gasteiger partial charge in [-0.15, -0.1) is 0 Å². The minimum atomic E-state index is -1.03. The summed E-state index contributed by atoms with van der Waals surface area (Å²) >= 11 is 0. The minimum Gasteiger partial charge on any atom is -0.347 e. The smallest absolute Gasteiger partial charge is 0.232 e. The summed E-state index contributed by atoms with van der Waals surface area (Å²) in [7, 11) is 3.06. The van der Waals surface area contributed by atoms with Gasteiger partial charge in [-0.3, -0.25) is 4.79 Å². The van der Waals surface area contributed by atoms with E-state index in [0.717, 1.165) is 18.4 Å². The summed E-state index contributed by atoms with van der Waals surface area (Å²) in [5.74, 6) is -0.679. The Morgan fingerprint density at radius 1 is 1.40 bits per heavy atom. The number of ether oxygens (including phenoxy) is 2. The number of hydrogen-bond donors (Lipinski definition) is 0. The molecule has 0 bridgehead atoms. The van der Waals surface area contributed by atoms with Crippen LogP contribution >= 0.6 is 0 Å². The molecule has 1 saturated carbocycles. The topological polar surface area (TPSA) is 35.5 Å². The van der Waals surface area contributed by atoms with Crippen molar-refractivity contribution < 1.29 is 14.3 Å². The first-order valence-electron chi connectivity index (χ1n) is 5.25. The fourth-order valence-electron chi connectivity index (χ4n) is 2.38. The number of methoxy groups -OCH3 is 2. The molecule has 0 aliphatic heterocycles. The molecule has 0 radical (unpaired) electrons. The molecular weight excluding hydrogens is 192 g/mol. The molecule has 0 aromatic rings. The molecule has 3 nitrogen and oxygen atoms in total. The van der Waals surface area contributed by atoms with Crippen LogP contribution in [0.25, 0.3) is 0 Å². The van der Waals surface area contributed by atoms with Crippen molar-refractivity contribution in [2.24, 2.45) is 5.92 Å². The van der Waals surface area contributed by atoms with Crippen LogP contribution in [-0.4, -0.2) is 25.8 Å². The molecule has 0 aromatic heterocycles. The van der Waals surface area contributed by atoms with Gasteiger partial charge in [0.1, 0.15) is 0 Å². The van der Waals surface area contributed by atoms with E-state index in [0.29, 0.717) is 12.3 Å². The Morgan fingerprint density at radius 3 is 2.80 bits per heavy atom. The van der Waals surface area contributed by atoms with Crippen LogP contribution in [0.4, 0.5) is 0 Å². The lowest BCUT2D eigenvalue weighted by Gasteiger charge is -2.38. The van der Waals surface area contributed by atoms with Crippen molar-refractivity contribution >= 4 is 5.78 Å². The van der Waals surface area contributed by atoms with E-state index in [2.05, 4.69) is 6.08 Å². The van der Waals surface area contributed by atoms with Crippen molar-refractivity contribution in [3.05, 3.63) is 23.8 Å². The first-order valence-corrected chi connectivity index (χ1v) is 5.25. The van der Waals surface area contributed by atoms with Gasteiger partial charge < -0.3 is 9.47 Å². The summed E-state index contributed by atoms with van der Waals surface area (Å²) < 4.78 is 10.5. The Labute approximate surface area is 89.8 Å². The first kappa shape index (κ1) is 10.6. The molecule has 0 amide bonds. The molecule has 1 unspecified atom stereocenters. The fraction of sp³-hybridized carbons (Fsp3) is 0.583. The predicted molar refractivity (Wildman–Crippen MR) is 56.3 cm³/mol. The second kappa shape index (κ2) is 3.91. The van der Waals surface area contributed by atoms with Gasteiger partial charge in [0, 0.05) is 26.2 Å². The molecule has 82 valence electrons. The van der Waals surface area contributed by atoms with E-state index in [1.807, 2.05) is 12.2 Å². The number of allylic oxidation sites excluding steroid dienone is 3. The molecule has 0 heterocycles. The molecule has 0 N–H and O–H groups in total. The lowest BCUT2D eigenvalue weighted by atomic mass is 9.76. The molecule has 15 heavy (non-hydrogen) atoms. The molecule has 0 aromatic carbocycles. The van der Waals surface area contributed by atoms with Gasteiger partial charge in [-0.2, -0.15) is 0 Å². The Morgan fingerprint density at radius 2 is 2.13 bits per heavy atom. The van der Waals surface area contributed by atoms with Gasteiger partial charge >= 0.3 is 0 Å². The van der Waals surface area contributed by atoms with Crippen LogP contribution < -0.4 is 0 Å². The van der Waals surface area contributed by atoms with Crippen molar-refractivity contribution in [1.29, 1.82) is 0 Å². The van der Waals surface area contributed by atoms with Crippen LogP contribution in [0.2, 0.25) is 0 Å². The summed E-state index contributed by atoms with van der Waals surface area (Å²) in [6.07, 6.45) is 8.49. The summed E-state index contributed by atoms with van der Waals surface area (Å²) in [6.45, 7) is 0. The number of carbonyl (C=O) groups excluding carboxylic acids is 1. The Bertz CT molecular complexity index is 324. The highest BCUT2D eigenvalue weighted by Gasteiger charge is 2.46. The fourth-order valence-corrected chi connectivity index (χ4v) is 2.38. The van der Waals surface area contributed by atoms with E-state index in [1.165, 1.54) is 14.2 Å². The zero-order valence-corrected chi connectivity index (χ0v) is 9.16. The SMILES string of the molecule is COC1(OC)CCC2CC=CC=C2C1=O. The van der Waals surface area contributed by atoms with Crippen molar-refractivity contribution in [3.63, 3.8) is 0 Å². The average Bonchev–Trinajstić information content (AvgIpc) is 2.31. The zero-order valence-electron chi connectivity index (χ0n) is 9.16. The lowest BCUT2D eigenvalue weighted by molar-refractivity contribution is -0.212.